The first kappa shape index (κ1) is 19.4. The van der Waals surface area contributed by atoms with Gasteiger partial charge in [-0.05, 0) is 43.0 Å². The number of carboxylic acid groups (broad SMARTS) is 1. The summed E-state index contributed by atoms with van der Waals surface area (Å²) in [7, 11) is -3.97. The maximum Gasteiger partial charge on any atom is 0.322 e. The van der Waals surface area contributed by atoms with E-state index in [2.05, 4.69) is 4.72 Å². The Morgan fingerprint density at radius 1 is 1.36 bits per heavy atom. The summed E-state index contributed by atoms with van der Waals surface area (Å²) >= 11 is 0. The maximum absolute atomic E-state index is 12.5. The van der Waals surface area contributed by atoms with Gasteiger partial charge in [0.05, 0.1) is 4.90 Å². The highest BCUT2D eigenvalue weighted by atomic mass is 32.2. The van der Waals surface area contributed by atoms with Crippen LogP contribution in [0.5, 0.6) is 0 Å². The molecule has 7 nitrogen and oxygen atoms in total. The minimum absolute atomic E-state index is 0.00858. The molecule has 0 aliphatic carbocycles. The zero-order valence-electron chi connectivity index (χ0n) is 14.8. The number of nitrogens with one attached hydrogen (secondary N) is 1. The highest BCUT2D eigenvalue weighted by molar-refractivity contribution is 7.89. The monoisotopic (exact) mass is 368 g/mol. The average molecular weight is 368 g/mol. The molecule has 0 saturated heterocycles. The molecule has 0 radical (unpaired) electrons. The van der Waals surface area contributed by atoms with E-state index < -0.39 is 22.0 Å². The Kier molecular flexibility index (Phi) is 5.53. The zero-order valence-corrected chi connectivity index (χ0v) is 15.6. The second kappa shape index (κ2) is 7.13. The van der Waals surface area contributed by atoms with E-state index >= 15 is 0 Å². The van der Waals surface area contributed by atoms with Gasteiger partial charge in [0.25, 0.3) is 0 Å². The van der Waals surface area contributed by atoms with Crippen LogP contribution < -0.4 is 9.62 Å². The van der Waals surface area contributed by atoms with Crippen molar-refractivity contribution in [3.05, 3.63) is 23.8 Å². The Labute approximate surface area is 148 Å². The van der Waals surface area contributed by atoms with Crippen molar-refractivity contribution >= 4 is 27.6 Å². The molecule has 2 atom stereocenters. The Morgan fingerprint density at radius 3 is 2.52 bits per heavy atom. The van der Waals surface area contributed by atoms with Crippen molar-refractivity contribution < 1.29 is 23.1 Å². The first-order valence-electron chi connectivity index (χ1n) is 8.28. The lowest BCUT2D eigenvalue weighted by Crippen LogP contribution is -2.44. The fourth-order valence-electron chi connectivity index (χ4n) is 3.03. The lowest BCUT2D eigenvalue weighted by molar-refractivity contribution is -0.140. The Balaban J connectivity index is 2.35. The molecule has 1 heterocycles. The number of hydrogen-bond acceptors (Lipinski definition) is 4. The molecule has 138 valence electrons. The first-order valence-corrected chi connectivity index (χ1v) is 9.77. The van der Waals surface area contributed by atoms with Crippen molar-refractivity contribution in [1.29, 1.82) is 0 Å². The molecular formula is C17H24N2O5S. The molecule has 1 aromatic rings. The molecule has 0 spiro atoms. The molecule has 2 rings (SSSR count). The number of carbonyl (C=O) groups excluding carboxylic acids is 1. The van der Waals surface area contributed by atoms with Gasteiger partial charge in [-0.3, -0.25) is 9.59 Å². The molecule has 1 amide bonds. The molecular weight excluding hydrogens is 344 g/mol. The number of anilines is 1. The normalized spacial score (nSPS) is 18.3. The lowest BCUT2D eigenvalue weighted by Gasteiger charge is -2.22. The summed E-state index contributed by atoms with van der Waals surface area (Å²) in [6.07, 6.45) is 0.942. The maximum atomic E-state index is 12.5. The molecule has 2 N–H and O–H groups in total. The number of aliphatic carboxylic acids is 1. The molecule has 0 saturated carbocycles. The van der Waals surface area contributed by atoms with Gasteiger partial charge in [0.1, 0.15) is 6.04 Å². The van der Waals surface area contributed by atoms with Gasteiger partial charge in [-0.15, -0.1) is 0 Å². The van der Waals surface area contributed by atoms with Gasteiger partial charge in [-0.1, -0.05) is 20.8 Å². The van der Waals surface area contributed by atoms with E-state index in [0.717, 1.165) is 11.3 Å². The Bertz CT molecular complexity index is 788. The lowest BCUT2D eigenvalue weighted by atomic mass is 10.1. The van der Waals surface area contributed by atoms with Crippen molar-refractivity contribution in [2.75, 3.05) is 4.90 Å². The van der Waals surface area contributed by atoms with Gasteiger partial charge in [0, 0.05) is 18.2 Å². The van der Waals surface area contributed by atoms with Crippen molar-refractivity contribution in [3.63, 3.8) is 0 Å². The zero-order chi connectivity index (χ0) is 18.9. The van der Waals surface area contributed by atoms with E-state index in [1.54, 1.807) is 31.7 Å². The topological polar surface area (TPSA) is 104 Å². The van der Waals surface area contributed by atoms with Crippen molar-refractivity contribution in [3.8, 4) is 0 Å². The third-order valence-corrected chi connectivity index (χ3v) is 5.80. The summed E-state index contributed by atoms with van der Waals surface area (Å²) in [6.45, 7) is 6.98. The number of carboxylic acids is 1. The molecule has 25 heavy (non-hydrogen) atoms. The molecule has 1 aromatic carbocycles. The van der Waals surface area contributed by atoms with Gasteiger partial charge in [-0.2, -0.15) is 4.72 Å². The molecule has 0 aromatic heterocycles. The van der Waals surface area contributed by atoms with Gasteiger partial charge >= 0.3 is 5.97 Å². The number of benzene rings is 1. The van der Waals surface area contributed by atoms with Crippen LogP contribution in [-0.4, -0.2) is 37.5 Å². The van der Waals surface area contributed by atoms with Crippen LogP contribution in [0, 0.1) is 5.92 Å². The second-order valence-electron chi connectivity index (χ2n) is 6.64. The standard InChI is InChI=1S/C17H24N2O5S/c1-5-15(20)19-11(4)8-12-9-13(6-7-14(12)19)25(23,24)18-16(10(2)3)17(21)22/h6-7,9-11,16,18H,5,8H2,1-4H3,(H,21,22)/t11-,16-/m1/s1. The van der Waals surface area contributed by atoms with E-state index in [1.165, 1.54) is 12.1 Å². The number of nitrogens with zero attached hydrogens (tertiary/aromatic N) is 1. The van der Waals surface area contributed by atoms with Crippen LogP contribution >= 0.6 is 0 Å². The van der Waals surface area contributed by atoms with Gasteiger partial charge in [0.2, 0.25) is 15.9 Å². The van der Waals surface area contributed by atoms with Crippen LogP contribution in [0.15, 0.2) is 23.1 Å². The van der Waals surface area contributed by atoms with Crippen molar-refractivity contribution in [2.45, 2.75) is 57.5 Å². The summed E-state index contributed by atoms with van der Waals surface area (Å²) in [6, 6.07) is 3.32. The molecule has 1 aliphatic rings. The molecule has 0 unspecified atom stereocenters. The van der Waals surface area contributed by atoms with Crippen LogP contribution in [0.4, 0.5) is 5.69 Å². The van der Waals surface area contributed by atoms with E-state index in [0.29, 0.717) is 12.8 Å². The minimum atomic E-state index is -3.97. The molecule has 1 aliphatic heterocycles. The van der Waals surface area contributed by atoms with Crippen LogP contribution in [0.2, 0.25) is 0 Å². The van der Waals surface area contributed by atoms with Gasteiger partial charge in [0.15, 0.2) is 0 Å². The van der Waals surface area contributed by atoms with E-state index in [9.17, 15) is 23.1 Å². The highest BCUT2D eigenvalue weighted by Gasteiger charge is 2.32. The van der Waals surface area contributed by atoms with E-state index in [1.807, 2.05) is 6.92 Å². The van der Waals surface area contributed by atoms with Crippen LogP contribution in [-0.2, 0) is 26.0 Å². The largest absolute Gasteiger partial charge is 0.480 e. The predicted molar refractivity (Wildman–Crippen MR) is 94.0 cm³/mol. The predicted octanol–water partition coefficient (Wildman–Crippen LogP) is 1.76. The van der Waals surface area contributed by atoms with Crippen molar-refractivity contribution in [2.24, 2.45) is 5.92 Å². The first-order chi connectivity index (χ1) is 11.6. The van der Waals surface area contributed by atoms with Crippen LogP contribution in [0.3, 0.4) is 0 Å². The van der Waals surface area contributed by atoms with Gasteiger partial charge < -0.3 is 10.0 Å². The quantitative estimate of drug-likeness (QED) is 0.796. The molecule has 8 heteroatoms. The Morgan fingerprint density at radius 2 is 2.00 bits per heavy atom. The number of carbonyl (C=O) groups is 2. The molecule has 0 fully saturated rings. The number of fused-ring (bicyclic) bond motifs is 1. The number of rotatable bonds is 6. The summed E-state index contributed by atoms with van der Waals surface area (Å²) in [4.78, 5) is 25.1. The minimum Gasteiger partial charge on any atom is -0.480 e. The average Bonchev–Trinajstić information content (AvgIpc) is 2.86. The number of amides is 1. The fourth-order valence-corrected chi connectivity index (χ4v) is 4.42. The summed E-state index contributed by atoms with van der Waals surface area (Å²) in [5.41, 5.74) is 1.49. The third kappa shape index (κ3) is 3.85. The number of hydrogen-bond donors (Lipinski definition) is 2. The number of sulfonamides is 1. The van der Waals surface area contributed by atoms with Crippen LogP contribution in [0.25, 0.3) is 0 Å². The third-order valence-electron chi connectivity index (χ3n) is 4.36. The fraction of sp³-hybridized carbons (Fsp3) is 0.529. The van der Waals surface area contributed by atoms with E-state index in [-0.39, 0.29) is 22.8 Å². The van der Waals surface area contributed by atoms with Crippen molar-refractivity contribution in [1.82, 2.24) is 4.72 Å². The smallest absolute Gasteiger partial charge is 0.322 e. The van der Waals surface area contributed by atoms with E-state index in [4.69, 9.17) is 0 Å². The summed E-state index contributed by atoms with van der Waals surface area (Å²) < 4.78 is 27.3. The van der Waals surface area contributed by atoms with Gasteiger partial charge in [-0.25, -0.2) is 8.42 Å². The highest BCUT2D eigenvalue weighted by Crippen LogP contribution is 2.34. The summed E-state index contributed by atoms with van der Waals surface area (Å²) in [5, 5.41) is 9.20. The Hall–Kier alpha value is -1.93. The second-order valence-corrected chi connectivity index (χ2v) is 8.36. The summed E-state index contributed by atoms with van der Waals surface area (Å²) in [5.74, 6) is -1.61. The molecule has 0 bridgehead atoms. The van der Waals surface area contributed by atoms with Crippen LogP contribution in [0.1, 0.15) is 39.7 Å². The SMILES string of the molecule is CCC(=O)N1c2ccc(S(=O)(=O)N[C@@H](C(=O)O)C(C)C)cc2C[C@H]1C.